The van der Waals surface area contributed by atoms with Gasteiger partial charge in [0.15, 0.2) is 5.57 Å². The van der Waals surface area contributed by atoms with Crippen LogP contribution < -0.4 is 16.0 Å². The SMILES string of the molecule is CCOC(=O)NC(=O)C(C(=O)OCC)=C1Nc2ccccc2N1. The molecule has 0 aromatic heterocycles. The normalized spacial score (nSPS) is 11.7. The molecule has 1 aliphatic heterocycles. The van der Waals surface area contributed by atoms with Gasteiger partial charge in [-0.1, -0.05) is 12.1 Å². The molecule has 2 amide bonds. The zero-order valence-corrected chi connectivity index (χ0v) is 12.8. The highest BCUT2D eigenvalue weighted by Gasteiger charge is 2.29. The van der Waals surface area contributed by atoms with Gasteiger partial charge in [0.1, 0.15) is 5.82 Å². The third-order valence-electron chi connectivity index (χ3n) is 2.89. The van der Waals surface area contributed by atoms with Gasteiger partial charge in [0, 0.05) is 0 Å². The summed E-state index contributed by atoms with van der Waals surface area (Å²) in [4.78, 5) is 35.7. The standard InChI is InChI=1S/C15H17N3O5/c1-3-22-14(20)11(13(19)18-15(21)23-4-2)12-16-9-7-5-6-8-10(9)17-12/h5-8,16-17H,3-4H2,1-2H3,(H,18,19,21). The summed E-state index contributed by atoms with van der Waals surface area (Å²) >= 11 is 0. The lowest BCUT2D eigenvalue weighted by Gasteiger charge is -2.11. The minimum Gasteiger partial charge on any atom is -0.462 e. The van der Waals surface area contributed by atoms with E-state index in [0.29, 0.717) is 11.4 Å². The second kappa shape index (κ2) is 7.30. The van der Waals surface area contributed by atoms with E-state index in [-0.39, 0.29) is 24.6 Å². The van der Waals surface area contributed by atoms with Crippen molar-refractivity contribution in [3.8, 4) is 0 Å². The Hall–Kier alpha value is -3.03. The molecule has 0 aliphatic carbocycles. The van der Waals surface area contributed by atoms with E-state index in [1.54, 1.807) is 38.1 Å². The average molecular weight is 319 g/mol. The topological polar surface area (TPSA) is 106 Å². The largest absolute Gasteiger partial charge is 0.462 e. The molecule has 0 bridgehead atoms. The van der Waals surface area contributed by atoms with Crippen molar-refractivity contribution in [2.45, 2.75) is 13.8 Å². The van der Waals surface area contributed by atoms with E-state index in [1.165, 1.54) is 0 Å². The molecule has 0 fully saturated rings. The maximum absolute atomic E-state index is 12.2. The lowest BCUT2D eigenvalue weighted by Crippen LogP contribution is -2.36. The summed E-state index contributed by atoms with van der Waals surface area (Å²) < 4.78 is 9.53. The van der Waals surface area contributed by atoms with Gasteiger partial charge in [-0.2, -0.15) is 0 Å². The second-order valence-electron chi connectivity index (χ2n) is 4.44. The predicted octanol–water partition coefficient (Wildman–Crippen LogP) is 1.57. The van der Waals surface area contributed by atoms with Crippen LogP contribution in [0.25, 0.3) is 0 Å². The molecule has 0 spiro atoms. The van der Waals surface area contributed by atoms with E-state index in [2.05, 4.69) is 15.4 Å². The highest BCUT2D eigenvalue weighted by molar-refractivity contribution is 6.21. The Labute approximate surface area is 132 Å². The molecule has 0 saturated carbocycles. The Bertz CT molecular complexity index is 642. The lowest BCUT2D eigenvalue weighted by molar-refractivity contribution is -0.140. The number of amides is 2. The minimum absolute atomic E-state index is 0.0925. The van der Waals surface area contributed by atoms with Gasteiger partial charge in [-0.25, -0.2) is 9.59 Å². The Balaban J connectivity index is 2.29. The van der Waals surface area contributed by atoms with Crippen LogP contribution in [0.4, 0.5) is 16.2 Å². The van der Waals surface area contributed by atoms with Crippen LogP contribution in [0.1, 0.15) is 13.8 Å². The number of esters is 1. The number of hydrogen-bond acceptors (Lipinski definition) is 7. The van der Waals surface area contributed by atoms with E-state index < -0.39 is 18.0 Å². The molecule has 1 heterocycles. The fraction of sp³-hybridized carbons (Fsp3) is 0.267. The van der Waals surface area contributed by atoms with Crippen LogP contribution in [0.3, 0.4) is 0 Å². The van der Waals surface area contributed by atoms with Crippen LogP contribution in [0.5, 0.6) is 0 Å². The number of nitrogens with one attached hydrogen (secondary N) is 3. The summed E-state index contributed by atoms with van der Waals surface area (Å²) in [5.74, 6) is -1.62. The molecule has 0 radical (unpaired) electrons. The fourth-order valence-electron chi connectivity index (χ4n) is 1.96. The van der Waals surface area contributed by atoms with Crippen molar-refractivity contribution < 1.29 is 23.9 Å². The van der Waals surface area contributed by atoms with E-state index in [4.69, 9.17) is 4.74 Å². The van der Waals surface area contributed by atoms with Gasteiger partial charge in [0.05, 0.1) is 24.6 Å². The molecule has 1 aromatic carbocycles. The first-order valence-corrected chi connectivity index (χ1v) is 7.09. The maximum Gasteiger partial charge on any atom is 0.414 e. The number of hydrogen-bond donors (Lipinski definition) is 3. The van der Waals surface area contributed by atoms with Crippen molar-refractivity contribution in [2.24, 2.45) is 0 Å². The summed E-state index contributed by atoms with van der Waals surface area (Å²) in [6, 6.07) is 7.17. The van der Waals surface area contributed by atoms with Crippen LogP contribution >= 0.6 is 0 Å². The maximum atomic E-state index is 12.2. The Morgan fingerprint density at radius 2 is 1.57 bits per heavy atom. The molecule has 122 valence electrons. The van der Waals surface area contributed by atoms with Crippen molar-refractivity contribution in [1.82, 2.24) is 5.32 Å². The number of carbonyl (C=O) groups excluding carboxylic acids is 3. The van der Waals surface area contributed by atoms with E-state index in [9.17, 15) is 14.4 Å². The van der Waals surface area contributed by atoms with Gasteiger partial charge < -0.3 is 20.1 Å². The number of rotatable bonds is 4. The average Bonchev–Trinajstić information content (AvgIpc) is 2.90. The smallest absolute Gasteiger partial charge is 0.414 e. The fourth-order valence-corrected chi connectivity index (χ4v) is 1.96. The van der Waals surface area contributed by atoms with Gasteiger partial charge in [-0.3, -0.25) is 10.1 Å². The zero-order valence-electron chi connectivity index (χ0n) is 12.8. The van der Waals surface area contributed by atoms with Crippen LogP contribution in [0.15, 0.2) is 35.7 Å². The van der Waals surface area contributed by atoms with Crippen LogP contribution in [-0.2, 0) is 19.1 Å². The Kier molecular flexibility index (Phi) is 5.19. The molecule has 0 atom stereocenters. The molecule has 8 nitrogen and oxygen atoms in total. The number of carbonyl (C=O) groups is 3. The number of ether oxygens (including phenoxy) is 2. The quantitative estimate of drug-likeness (QED) is 0.335. The van der Waals surface area contributed by atoms with Crippen LogP contribution in [-0.4, -0.2) is 31.2 Å². The number of alkyl carbamates (subject to hydrolysis) is 1. The number of benzene rings is 1. The summed E-state index contributed by atoms with van der Waals surface area (Å²) in [7, 11) is 0. The monoisotopic (exact) mass is 319 g/mol. The molecular formula is C15H17N3O5. The van der Waals surface area contributed by atoms with E-state index >= 15 is 0 Å². The molecule has 23 heavy (non-hydrogen) atoms. The Morgan fingerprint density at radius 3 is 2.09 bits per heavy atom. The van der Waals surface area contributed by atoms with Crippen molar-refractivity contribution >= 4 is 29.3 Å². The molecule has 8 heteroatoms. The number of imide groups is 1. The first-order chi connectivity index (χ1) is 11.1. The molecular weight excluding hydrogens is 302 g/mol. The predicted molar refractivity (Wildman–Crippen MR) is 82.5 cm³/mol. The van der Waals surface area contributed by atoms with Gasteiger partial charge in [-0.15, -0.1) is 0 Å². The number of anilines is 2. The summed E-state index contributed by atoms with van der Waals surface area (Å²) in [6.07, 6.45) is -0.935. The summed E-state index contributed by atoms with van der Waals surface area (Å²) in [5.41, 5.74) is 1.07. The molecule has 0 saturated heterocycles. The molecule has 1 aromatic rings. The molecule has 0 unspecified atom stereocenters. The number of para-hydroxylation sites is 2. The van der Waals surface area contributed by atoms with Crippen molar-refractivity contribution in [2.75, 3.05) is 23.8 Å². The highest BCUT2D eigenvalue weighted by Crippen LogP contribution is 2.31. The lowest BCUT2D eigenvalue weighted by atomic mass is 10.2. The first-order valence-electron chi connectivity index (χ1n) is 7.09. The van der Waals surface area contributed by atoms with Gasteiger partial charge in [-0.05, 0) is 26.0 Å². The minimum atomic E-state index is -0.935. The van der Waals surface area contributed by atoms with E-state index in [1.807, 2.05) is 5.32 Å². The van der Waals surface area contributed by atoms with Crippen molar-refractivity contribution in [3.05, 3.63) is 35.7 Å². The third-order valence-corrected chi connectivity index (χ3v) is 2.89. The Morgan fingerprint density at radius 1 is 1.00 bits per heavy atom. The van der Waals surface area contributed by atoms with Crippen molar-refractivity contribution in [1.29, 1.82) is 0 Å². The number of fused-ring (bicyclic) bond motifs is 1. The van der Waals surface area contributed by atoms with Gasteiger partial charge in [0.25, 0.3) is 5.91 Å². The first kappa shape index (κ1) is 16.3. The molecule has 2 rings (SSSR count). The highest BCUT2D eigenvalue weighted by atomic mass is 16.5. The van der Waals surface area contributed by atoms with Gasteiger partial charge >= 0.3 is 12.1 Å². The van der Waals surface area contributed by atoms with Crippen molar-refractivity contribution in [3.63, 3.8) is 0 Å². The third kappa shape index (κ3) is 3.79. The van der Waals surface area contributed by atoms with Crippen LogP contribution in [0, 0.1) is 0 Å². The second-order valence-corrected chi connectivity index (χ2v) is 4.44. The molecule has 1 aliphatic rings. The van der Waals surface area contributed by atoms with Crippen LogP contribution in [0.2, 0.25) is 0 Å². The zero-order chi connectivity index (χ0) is 16.8. The van der Waals surface area contributed by atoms with E-state index in [0.717, 1.165) is 0 Å². The summed E-state index contributed by atoms with van der Waals surface area (Å²) in [6.45, 7) is 3.42. The van der Waals surface area contributed by atoms with Gasteiger partial charge in [0.2, 0.25) is 0 Å². The summed E-state index contributed by atoms with van der Waals surface area (Å²) in [5, 5.41) is 7.81. The molecule has 3 N–H and O–H groups in total.